The number of nitrogens with one attached hydrogen (secondary N) is 1. The van der Waals surface area contributed by atoms with Crippen molar-refractivity contribution in [3.05, 3.63) is 53.7 Å². The van der Waals surface area contributed by atoms with E-state index in [9.17, 15) is 4.79 Å². The Hall–Kier alpha value is -2.44. The molecule has 0 unspecified atom stereocenters. The van der Waals surface area contributed by atoms with E-state index in [1.165, 1.54) is 0 Å². The third-order valence-corrected chi connectivity index (χ3v) is 4.34. The fraction of sp³-hybridized carbons (Fsp3) is 0.400. The van der Waals surface area contributed by atoms with Crippen molar-refractivity contribution < 1.29 is 14.3 Å². The number of methoxy groups -OCH3 is 1. The first kappa shape index (κ1) is 18.4. The molecule has 1 N–H and O–H groups in total. The second-order valence-corrected chi connectivity index (χ2v) is 6.30. The monoisotopic (exact) mass is 355 g/mol. The Bertz CT molecular complexity index is 730. The molecular weight excluding hydrogens is 330 g/mol. The second kappa shape index (κ2) is 9.31. The van der Waals surface area contributed by atoms with Crippen LogP contribution in [0.15, 0.2) is 42.5 Å². The number of aryl methyl sites for hydroxylation is 1. The molecular formula is C20H25N3O3. The molecule has 0 radical (unpaired) electrons. The molecule has 138 valence electrons. The summed E-state index contributed by atoms with van der Waals surface area (Å²) in [7, 11) is 1.64. The van der Waals surface area contributed by atoms with E-state index in [0.29, 0.717) is 18.7 Å². The van der Waals surface area contributed by atoms with Crippen molar-refractivity contribution in [2.75, 3.05) is 38.7 Å². The average molecular weight is 355 g/mol. The highest BCUT2D eigenvalue weighted by atomic mass is 16.5. The van der Waals surface area contributed by atoms with Gasteiger partial charge in [-0.2, -0.15) is 0 Å². The zero-order valence-electron chi connectivity index (χ0n) is 15.1. The van der Waals surface area contributed by atoms with Crippen LogP contribution < -0.4 is 10.1 Å². The van der Waals surface area contributed by atoms with Gasteiger partial charge in [0.25, 0.3) is 0 Å². The van der Waals surface area contributed by atoms with Crippen molar-refractivity contribution in [1.29, 1.82) is 0 Å². The lowest BCUT2D eigenvalue weighted by Gasteiger charge is -2.26. The molecule has 6 heteroatoms. The molecule has 1 aromatic carbocycles. The van der Waals surface area contributed by atoms with Gasteiger partial charge in [-0.15, -0.1) is 0 Å². The van der Waals surface area contributed by atoms with E-state index in [1.807, 2.05) is 42.5 Å². The number of carbonyl (C=O) groups excluding carboxylic acids is 1. The van der Waals surface area contributed by atoms with Gasteiger partial charge in [-0.05, 0) is 36.2 Å². The Morgan fingerprint density at radius 2 is 2.04 bits per heavy atom. The zero-order valence-corrected chi connectivity index (χ0v) is 15.1. The standard InChI is InChI=1S/C20H25N3O3/c1-25-18-6-2-4-16(14-18)8-9-20(24)22-19-7-3-5-17(21-19)15-23-10-12-26-13-11-23/h2-7,14H,8-13,15H2,1H3,(H,21,22,24). The number of aromatic nitrogens is 1. The number of rotatable bonds is 7. The minimum atomic E-state index is -0.0381. The predicted octanol–water partition coefficient (Wildman–Crippen LogP) is 2.49. The van der Waals surface area contributed by atoms with Gasteiger partial charge in [-0.1, -0.05) is 18.2 Å². The summed E-state index contributed by atoms with van der Waals surface area (Å²) in [6.07, 6.45) is 1.07. The van der Waals surface area contributed by atoms with Crippen LogP contribution in [0, 0.1) is 0 Å². The molecule has 0 aliphatic carbocycles. The number of hydrogen-bond donors (Lipinski definition) is 1. The highest BCUT2D eigenvalue weighted by Gasteiger charge is 2.12. The lowest BCUT2D eigenvalue weighted by Crippen LogP contribution is -2.35. The molecule has 1 fully saturated rings. The Morgan fingerprint density at radius 1 is 1.23 bits per heavy atom. The first-order valence-electron chi connectivity index (χ1n) is 8.92. The van der Waals surface area contributed by atoms with Gasteiger partial charge in [0, 0.05) is 26.1 Å². The normalized spacial score (nSPS) is 14.8. The number of nitrogens with zero attached hydrogens (tertiary/aromatic N) is 2. The summed E-state index contributed by atoms with van der Waals surface area (Å²) in [5, 5.41) is 2.89. The predicted molar refractivity (Wildman–Crippen MR) is 100 cm³/mol. The SMILES string of the molecule is COc1cccc(CCC(=O)Nc2cccc(CN3CCOCC3)n2)c1. The Morgan fingerprint density at radius 3 is 2.85 bits per heavy atom. The first-order valence-corrected chi connectivity index (χ1v) is 8.92. The first-order chi connectivity index (χ1) is 12.7. The van der Waals surface area contributed by atoms with Gasteiger partial charge in [0.2, 0.25) is 5.91 Å². The van der Waals surface area contributed by atoms with E-state index in [-0.39, 0.29) is 5.91 Å². The summed E-state index contributed by atoms with van der Waals surface area (Å²) in [5.74, 6) is 1.37. The minimum absolute atomic E-state index is 0.0381. The number of carbonyl (C=O) groups is 1. The molecule has 1 amide bonds. The number of benzene rings is 1. The van der Waals surface area contributed by atoms with E-state index >= 15 is 0 Å². The molecule has 2 aromatic rings. The maximum Gasteiger partial charge on any atom is 0.225 e. The molecule has 1 aliphatic rings. The highest BCUT2D eigenvalue weighted by Crippen LogP contribution is 2.14. The molecule has 1 aliphatic heterocycles. The van der Waals surface area contributed by atoms with Gasteiger partial charge in [-0.3, -0.25) is 9.69 Å². The van der Waals surface area contributed by atoms with Gasteiger partial charge < -0.3 is 14.8 Å². The van der Waals surface area contributed by atoms with E-state index < -0.39 is 0 Å². The average Bonchev–Trinajstić information content (AvgIpc) is 2.68. The van der Waals surface area contributed by atoms with Crippen molar-refractivity contribution in [2.45, 2.75) is 19.4 Å². The van der Waals surface area contributed by atoms with E-state index in [4.69, 9.17) is 9.47 Å². The summed E-state index contributed by atoms with van der Waals surface area (Å²) in [6, 6.07) is 13.5. The smallest absolute Gasteiger partial charge is 0.225 e. The van der Waals surface area contributed by atoms with Crippen molar-refractivity contribution >= 4 is 11.7 Å². The summed E-state index contributed by atoms with van der Waals surface area (Å²) in [4.78, 5) is 19.1. The van der Waals surface area contributed by atoms with Gasteiger partial charge >= 0.3 is 0 Å². The van der Waals surface area contributed by atoms with Crippen molar-refractivity contribution in [3.8, 4) is 5.75 Å². The zero-order chi connectivity index (χ0) is 18.2. The van der Waals surface area contributed by atoms with Crippen LogP contribution >= 0.6 is 0 Å². The van der Waals surface area contributed by atoms with E-state index in [1.54, 1.807) is 7.11 Å². The molecule has 1 saturated heterocycles. The lowest BCUT2D eigenvalue weighted by atomic mass is 10.1. The molecule has 0 atom stereocenters. The Balaban J connectivity index is 1.51. The number of ether oxygens (including phenoxy) is 2. The van der Waals surface area contributed by atoms with Crippen LogP contribution in [0.5, 0.6) is 5.75 Å². The van der Waals surface area contributed by atoms with Crippen LogP contribution in [0.3, 0.4) is 0 Å². The maximum atomic E-state index is 12.2. The number of pyridine rings is 1. The van der Waals surface area contributed by atoms with Crippen molar-refractivity contribution in [2.24, 2.45) is 0 Å². The van der Waals surface area contributed by atoms with Crippen molar-refractivity contribution in [3.63, 3.8) is 0 Å². The van der Waals surface area contributed by atoms with Crippen LogP contribution in [0.4, 0.5) is 5.82 Å². The van der Waals surface area contributed by atoms with Gasteiger partial charge in [0.1, 0.15) is 11.6 Å². The summed E-state index contributed by atoms with van der Waals surface area (Å²) >= 11 is 0. The summed E-state index contributed by atoms with van der Waals surface area (Å²) in [6.45, 7) is 4.13. The third kappa shape index (κ3) is 5.54. The van der Waals surface area contributed by atoms with Crippen LogP contribution in [0.25, 0.3) is 0 Å². The van der Waals surface area contributed by atoms with Crippen LogP contribution in [0.1, 0.15) is 17.7 Å². The molecule has 6 nitrogen and oxygen atoms in total. The van der Waals surface area contributed by atoms with Crippen LogP contribution in [-0.2, 0) is 22.5 Å². The molecule has 0 spiro atoms. The second-order valence-electron chi connectivity index (χ2n) is 6.30. The van der Waals surface area contributed by atoms with E-state index in [0.717, 1.165) is 49.9 Å². The Labute approximate surface area is 154 Å². The largest absolute Gasteiger partial charge is 0.497 e. The fourth-order valence-electron chi connectivity index (χ4n) is 2.92. The molecule has 3 rings (SSSR count). The van der Waals surface area contributed by atoms with Crippen LogP contribution in [-0.4, -0.2) is 49.2 Å². The third-order valence-electron chi connectivity index (χ3n) is 4.34. The molecule has 2 heterocycles. The Kier molecular flexibility index (Phi) is 6.57. The topological polar surface area (TPSA) is 63.7 Å². The number of anilines is 1. The molecule has 26 heavy (non-hydrogen) atoms. The number of hydrogen-bond acceptors (Lipinski definition) is 5. The minimum Gasteiger partial charge on any atom is -0.497 e. The number of amides is 1. The fourth-order valence-corrected chi connectivity index (χ4v) is 2.92. The number of morpholine rings is 1. The highest BCUT2D eigenvalue weighted by molar-refractivity contribution is 5.89. The molecule has 0 bridgehead atoms. The molecule has 1 aromatic heterocycles. The summed E-state index contributed by atoms with van der Waals surface area (Å²) in [5.41, 5.74) is 2.03. The maximum absolute atomic E-state index is 12.2. The molecule has 0 saturated carbocycles. The van der Waals surface area contributed by atoms with E-state index in [2.05, 4.69) is 15.2 Å². The van der Waals surface area contributed by atoms with Crippen molar-refractivity contribution in [1.82, 2.24) is 9.88 Å². The summed E-state index contributed by atoms with van der Waals surface area (Å²) < 4.78 is 10.6. The lowest BCUT2D eigenvalue weighted by molar-refractivity contribution is -0.116. The van der Waals surface area contributed by atoms with Gasteiger partial charge in [0.15, 0.2) is 0 Å². The van der Waals surface area contributed by atoms with Gasteiger partial charge in [-0.25, -0.2) is 4.98 Å². The van der Waals surface area contributed by atoms with Gasteiger partial charge in [0.05, 0.1) is 26.0 Å². The quantitative estimate of drug-likeness (QED) is 0.827. The van der Waals surface area contributed by atoms with Crippen LogP contribution in [0.2, 0.25) is 0 Å².